The zero-order chi connectivity index (χ0) is 9.35. The fourth-order valence-electron chi connectivity index (χ4n) is 1.59. The highest BCUT2D eigenvalue weighted by molar-refractivity contribution is 5.77. The fraction of sp³-hybridized carbons (Fsp3) is 0.875. The Balaban J connectivity index is 2.28. The van der Waals surface area contributed by atoms with Crippen molar-refractivity contribution in [2.75, 3.05) is 13.1 Å². The highest BCUT2D eigenvalue weighted by atomic mass is 16.3. The molecule has 1 fully saturated rings. The minimum atomic E-state index is -0.523. The van der Waals surface area contributed by atoms with Gasteiger partial charge in [-0.3, -0.25) is 10.3 Å². The van der Waals surface area contributed by atoms with E-state index < -0.39 is 5.60 Å². The molecule has 1 aliphatic heterocycles. The number of nitrogens with zero attached hydrogens (tertiary/aromatic N) is 1. The third-order valence-electron chi connectivity index (χ3n) is 2.23. The Morgan fingerprint density at radius 2 is 2.25 bits per heavy atom. The number of nitrogens with two attached hydrogens (primary N) is 1. The van der Waals surface area contributed by atoms with Crippen LogP contribution in [0.5, 0.6) is 0 Å². The lowest BCUT2D eigenvalue weighted by atomic mass is 9.94. The number of likely N-dealkylation sites (tertiary alicyclic amines) is 1. The molecule has 1 rings (SSSR count). The van der Waals surface area contributed by atoms with Crippen LogP contribution in [0.4, 0.5) is 0 Å². The molecule has 1 atom stereocenters. The summed E-state index contributed by atoms with van der Waals surface area (Å²) in [4.78, 5) is 2.13. The predicted octanol–water partition coefficient (Wildman–Crippen LogP) is -0.232. The van der Waals surface area contributed by atoms with E-state index in [0.717, 1.165) is 0 Å². The van der Waals surface area contributed by atoms with E-state index in [1.54, 1.807) is 0 Å². The van der Waals surface area contributed by atoms with Gasteiger partial charge in [0.15, 0.2) is 0 Å². The molecule has 12 heavy (non-hydrogen) atoms. The van der Waals surface area contributed by atoms with E-state index in [4.69, 9.17) is 11.1 Å². The van der Waals surface area contributed by atoms with E-state index in [0.29, 0.717) is 19.5 Å². The van der Waals surface area contributed by atoms with Crippen molar-refractivity contribution in [1.82, 2.24) is 4.90 Å². The summed E-state index contributed by atoms with van der Waals surface area (Å²) >= 11 is 0. The van der Waals surface area contributed by atoms with Crippen LogP contribution in [0.1, 0.15) is 20.3 Å². The van der Waals surface area contributed by atoms with Crippen LogP contribution in [0.15, 0.2) is 0 Å². The van der Waals surface area contributed by atoms with Gasteiger partial charge in [0.25, 0.3) is 0 Å². The van der Waals surface area contributed by atoms with Gasteiger partial charge in [-0.15, -0.1) is 0 Å². The number of nitrogens with one attached hydrogen (secondary N) is 1. The smallest absolute Gasteiger partial charge is 0.0920 e. The van der Waals surface area contributed by atoms with Crippen molar-refractivity contribution in [3.05, 3.63) is 0 Å². The minimum Gasteiger partial charge on any atom is -0.388 e. The Hall–Kier alpha value is -0.610. The van der Waals surface area contributed by atoms with Gasteiger partial charge in [-0.2, -0.15) is 0 Å². The molecule has 0 aromatic heterocycles. The predicted molar refractivity (Wildman–Crippen MR) is 48.2 cm³/mol. The van der Waals surface area contributed by atoms with Crippen LogP contribution in [-0.2, 0) is 0 Å². The third-order valence-corrected chi connectivity index (χ3v) is 2.23. The van der Waals surface area contributed by atoms with Gasteiger partial charge in [-0.05, 0) is 13.8 Å². The quantitative estimate of drug-likeness (QED) is 0.405. The van der Waals surface area contributed by atoms with Crippen LogP contribution < -0.4 is 5.73 Å². The molecule has 0 aromatic carbocycles. The summed E-state index contributed by atoms with van der Waals surface area (Å²) in [5, 5.41) is 16.5. The van der Waals surface area contributed by atoms with E-state index in [-0.39, 0.29) is 11.9 Å². The summed E-state index contributed by atoms with van der Waals surface area (Å²) in [5.74, 6) is 0.217. The molecule has 0 bridgehead atoms. The largest absolute Gasteiger partial charge is 0.388 e. The lowest BCUT2D eigenvalue weighted by molar-refractivity contribution is -0.0979. The molecule has 0 radical (unpaired) electrons. The van der Waals surface area contributed by atoms with Crippen LogP contribution in [0.3, 0.4) is 0 Å². The van der Waals surface area contributed by atoms with Crippen molar-refractivity contribution >= 4 is 5.84 Å². The molecule has 1 saturated heterocycles. The van der Waals surface area contributed by atoms with Crippen LogP contribution in [0.25, 0.3) is 0 Å². The Kier molecular flexibility index (Phi) is 2.39. The number of hydrogen-bond acceptors (Lipinski definition) is 3. The van der Waals surface area contributed by atoms with Gasteiger partial charge < -0.3 is 10.8 Å². The highest BCUT2D eigenvalue weighted by Gasteiger charge is 2.38. The van der Waals surface area contributed by atoms with E-state index >= 15 is 0 Å². The van der Waals surface area contributed by atoms with Gasteiger partial charge in [0.1, 0.15) is 0 Å². The molecule has 0 saturated carbocycles. The maximum absolute atomic E-state index is 9.44. The number of aliphatic hydroxyl groups is 1. The molecular weight excluding hydrogens is 154 g/mol. The van der Waals surface area contributed by atoms with Gasteiger partial charge in [0.05, 0.1) is 11.4 Å². The second-order valence-corrected chi connectivity index (χ2v) is 3.98. The first-order valence-corrected chi connectivity index (χ1v) is 4.20. The summed E-state index contributed by atoms with van der Waals surface area (Å²) in [6.45, 7) is 5.24. The fourth-order valence-corrected chi connectivity index (χ4v) is 1.59. The van der Waals surface area contributed by atoms with Crippen molar-refractivity contribution in [1.29, 1.82) is 5.41 Å². The molecule has 4 N–H and O–H groups in total. The summed E-state index contributed by atoms with van der Waals surface area (Å²) < 4.78 is 0. The van der Waals surface area contributed by atoms with Crippen molar-refractivity contribution in [3.63, 3.8) is 0 Å². The summed E-state index contributed by atoms with van der Waals surface area (Å²) in [6, 6.07) is 0.280. The second kappa shape index (κ2) is 3.03. The van der Waals surface area contributed by atoms with Crippen molar-refractivity contribution in [2.45, 2.75) is 31.9 Å². The zero-order valence-corrected chi connectivity index (χ0v) is 7.67. The number of amidine groups is 1. The molecule has 0 aliphatic carbocycles. The first-order valence-electron chi connectivity index (χ1n) is 4.20. The molecule has 4 nitrogen and oxygen atoms in total. The van der Waals surface area contributed by atoms with Gasteiger partial charge in [0.2, 0.25) is 0 Å². The monoisotopic (exact) mass is 171 g/mol. The number of β-amino-alcohol motifs (C(OH)–C–C–N with tert-alkyl or cyclic N) is 1. The topological polar surface area (TPSA) is 73.3 Å². The summed E-state index contributed by atoms with van der Waals surface area (Å²) in [5.41, 5.74) is 4.75. The van der Waals surface area contributed by atoms with E-state index in [9.17, 15) is 5.11 Å². The van der Waals surface area contributed by atoms with Gasteiger partial charge in [-0.1, -0.05) is 0 Å². The summed E-state index contributed by atoms with van der Waals surface area (Å²) in [6.07, 6.45) is 0.593. The van der Waals surface area contributed by atoms with E-state index in [2.05, 4.69) is 4.90 Å². The molecule has 0 amide bonds. The van der Waals surface area contributed by atoms with Crippen molar-refractivity contribution in [2.24, 2.45) is 5.73 Å². The average molecular weight is 171 g/mol. The Morgan fingerprint density at radius 3 is 2.58 bits per heavy atom. The van der Waals surface area contributed by atoms with Gasteiger partial charge in [0, 0.05) is 25.6 Å². The first-order chi connectivity index (χ1) is 5.41. The van der Waals surface area contributed by atoms with E-state index in [1.807, 2.05) is 13.8 Å². The normalized spacial score (nSPS) is 24.6. The Morgan fingerprint density at radius 1 is 1.75 bits per heavy atom. The zero-order valence-electron chi connectivity index (χ0n) is 7.67. The highest BCUT2D eigenvalue weighted by Crippen LogP contribution is 2.23. The van der Waals surface area contributed by atoms with Gasteiger partial charge >= 0.3 is 0 Å². The lowest BCUT2D eigenvalue weighted by Crippen LogP contribution is -2.62. The molecule has 0 spiro atoms. The number of rotatable bonds is 3. The Bertz CT molecular complexity index is 183. The molecule has 1 aliphatic rings. The maximum atomic E-state index is 9.44. The van der Waals surface area contributed by atoms with Crippen LogP contribution >= 0.6 is 0 Å². The van der Waals surface area contributed by atoms with Crippen LogP contribution in [-0.4, -0.2) is 40.6 Å². The lowest BCUT2D eigenvalue weighted by Gasteiger charge is -2.47. The van der Waals surface area contributed by atoms with Crippen molar-refractivity contribution < 1.29 is 5.11 Å². The minimum absolute atomic E-state index is 0.217. The first kappa shape index (κ1) is 9.48. The summed E-state index contributed by atoms with van der Waals surface area (Å²) in [7, 11) is 0. The van der Waals surface area contributed by atoms with Crippen molar-refractivity contribution in [3.8, 4) is 0 Å². The molecule has 0 aromatic rings. The molecular formula is C8H17N3O. The molecule has 1 unspecified atom stereocenters. The molecule has 1 heterocycles. The Labute approximate surface area is 72.9 Å². The standard InChI is InChI=1S/C8H17N3O/c1-6(3-7(9)10)11-4-8(2,12)5-11/h6,12H,3-5H2,1-2H3,(H3,9,10). The molecule has 70 valence electrons. The average Bonchev–Trinajstić information content (AvgIpc) is 1.80. The maximum Gasteiger partial charge on any atom is 0.0920 e. The SMILES string of the molecule is CC(CC(=N)N)N1CC(C)(O)C1. The molecule has 4 heteroatoms. The third kappa shape index (κ3) is 2.19. The number of hydrogen-bond donors (Lipinski definition) is 3. The van der Waals surface area contributed by atoms with Crippen LogP contribution in [0, 0.1) is 5.41 Å². The van der Waals surface area contributed by atoms with E-state index in [1.165, 1.54) is 0 Å². The van der Waals surface area contributed by atoms with Crippen LogP contribution in [0.2, 0.25) is 0 Å². The second-order valence-electron chi connectivity index (χ2n) is 3.98. The van der Waals surface area contributed by atoms with Gasteiger partial charge in [-0.25, -0.2) is 0 Å².